The first-order valence-corrected chi connectivity index (χ1v) is 6.11. The molecular weight excluding hydrogens is 320 g/mol. The third-order valence-electron chi connectivity index (χ3n) is 2.44. The van der Waals surface area contributed by atoms with E-state index in [1.807, 2.05) is 25.1 Å². The van der Waals surface area contributed by atoms with Crippen molar-refractivity contribution in [2.75, 3.05) is 13.7 Å². The molecular formula is C12H18BrClN2O2. The normalized spacial score (nSPS) is 11.6. The highest BCUT2D eigenvalue weighted by molar-refractivity contribution is 9.10. The maximum Gasteiger partial charge on any atom is 0.239 e. The van der Waals surface area contributed by atoms with Crippen molar-refractivity contribution in [3.63, 3.8) is 0 Å². The zero-order chi connectivity index (χ0) is 12.8. The fraction of sp³-hybridized carbons (Fsp3) is 0.417. The standard InChI is InChI=1S/C12H17BrN2O2.ClH/c1-8-5-10(13)4-3-9(8)6-15-12(16)11(14)7-17-2;/h3-5,11H,6-7,14H2,1-2H3,(H,15,16);1H. The maximum absolute atomic E-state index is 11.6. The van der Waals surface area contributed by atoms with Crippen molar-refractivity contribution in [2.24, 2.45) is 5.73 Å². The molecule has 1 rings (SSSR count). The zero-order valence-corrected chi connectivity index (χ0v) is 12.8. The molecule has 0 aliphatic rings. The zero-order valence-electron chi connectivity index (χ0n) is 10.4. The Bertz CT molecular complexity index is 402. The van der Waals surface area contributed by atoms with Gasteiger partial charge in [-0.15, -0.1) is 12.4 Å². The Balaban J connectivity index is 0.00000289. The van der Waals surface area contributed by atoms with Gasteiger partial charge in [-0.25, -0.2) is 0 Å². The lowest BCUT2D eigenvalue weighted by molar-refractivity contribution is -0.123. The van der Waals surface area contributed by atoms with Crippen LogP contribution < -0.4 is 11.1 Å². The van der Waals surface area contributed by atoms with Crippen LogP contribution in [0.2, 0.25) is 0 Å². The molecule has 18 heavy (non-hydrogen) atoms. The van der Waals surface area contributed by atoms with Crippen molar-refractivity contribution in [1.82, 2.24) is 5.32 Å². The lowest BCUT2D eigenvalue weighted by Crippen LogP contribution is -2.43. The molecule has 102 valence electrons. The lowest BCUT2D eigenvalue weighted by Gasteiger charge is -2.12. The molecule has 0 aromatic heterocycles. The van der Waals surface area contributed by atoms with Crippen LogP contribution in [0.25, 0.3) is 0 Å². The maximum atomic E-state index is 11.6. The van der Waals surface area contributed by atoms with Crippen LogP contribution in [0, 0.1) is 6.92 Å². The number of hydrogen-bond donors (Lipinski definition) is 2. The number of benzene rings is 1. The van der Waals surface area contributed by atoms with Crippen LogP contribution in [0.4, 0.5) is 0 Å². The molecule has 1 atom stereocenters. The van der Waals surface area contributed by atoms with E-state index in [0.29, 0.717) is 6.54 Å². The molecule has 6 heteroatoms. The number of ether oxygens (including phenoxy) is 1. The predicted molar refractivity (Wildman–Crippen MR) is 77.8 cm³/mol. The molecule has 1 unspecified atom stereocenters. The first kappa shape index (κ1) is 17.4. The van der Waals surface area contributed by atoms with Gasteiger partial charge in [0.15, 0.2) is 0 Å². The van der Waals surface area contributed by atoms with E-state index in [0.717, 1.165) is 15.6 Å². The summed E-state index contributed by atoms with van der Waals surface area (Å²) in [5, 5.41) is 2.78. The number of amides is 1. The van der Waals surface area contributed by atoms with Crippen molar-refractivity contribution in [3.8, 4) is 0 Å². The largest absolute Gasteiger partial charge is 0.383 e. The Morgan fingerprint density at radius 3 is 2.78 bits per heavy atom. The van der Waals surface area contributed by atoms with Crippen LogP contribution in [0.5, 0.6) is 0 Å². The molecule has 0 bridgehead atoms. The van der Waals surface area contributed by atoms with Gasteiger partial charge in [-0.3, -0.25) is 4.79 Å². The predicted octanol–water partition coefficient (Wildman–Crippen LogP) is 1.77. The smallest absolute Gasteiger partial charge is 0.239 e. The Labute approximate surface area is 122 Å². The Kier molecular flexibility index (Phi) is 8.18. The second-order valence-corrected chi connectivity index (χ2v) is 4.77. The van der Waals surface area contributed by atoms with Gasteiger partial charge in [-0.05, 0) is 30.2 Å². The highest BCUT2D eigenvalue weighted by atomic mass is 79.9. The molecule has 4 nitrogen and oxygen atoms in total. The minimum Gasteiger partial charge on any atom is -0.383 e. The number of carbonyl (C=O) groups is 1. The molecule has 0 saturated carbocycles. The van der Waals surface area contributed by atoms with Crippen molar-refractivity contribution < 1.29 is 9.53 Å². The summed E-state index contributed by atoms with van der Waals surface area (Å²) in [6.45, 7) is 2.71. The average molecular weight is 338 g/mol. The number of aryl methyl sites for hydroxylation is 1. The quantitative estimate of drug-likeness (QED) is 0.860. The summed E-state index contributed by atoms with van der Waals surface area (Å²) in [6, 6.07) is 5.32. The summed E-state index contributed by atoms with van der Waals surface area (Å²) in [4.78, 5) is 11.6. The SMILES string of the molecule is COCC(N)C(=O)NCc1ccc(Br)cc1C.Cl. The van der Waals surface area contributed by atoms with Crippen molar-refractivity contribution in [2.45, 2.75) is 19.5 Å². The monoisotopic (exact) mass is 336 g/mol. The Hall–Kier alpha value is -0.620. The van der Waals surface area contributed by atoms with E-state index >= 15 is 0 Å². The first-order chi connectivity index (χ1) is 8.04. The van der Waals surface area contributed by atoms with Gasteiger partial charge in [0.05, 0.1) is 6.61 Å². The van der Waals surface area contributed by atoms with Crippen LogP contribution in [0.15, 0.2) is 22.7 Å². The van der Waals surface area contributed by atoms with Gasteiger partial charge in [0.2, 0.25) is 5.91 Å². The van der Waals surface area contributed by atoms with E-state index in [1.54, 1.807) is 0 Å². The average Bonchev–Trinajstić information content (AvgIpc) is 2.27. The summed E-state index contributed by atoms with van der Waals surface area (Å²) >= 11 is 3.40. The molecule has 1 aromatic carbocycles. The highest BCUT2D eigenvalue weighted by Gasteiger charge is 2.12. The Morgan fingerprint density at radius 1 is 1.56 bits per heavy atom. The van der Waals surface area contributed by atoms with E-state index in [1.165, 1.54) is 7.11 Å². The molecule has 1 amide bonds. The fourth-order valence-electron chi connectivity index (χ4n) is 1.43. The topological polar surface area (TPSA) is 64.3 Å². The lowest BCUT2D eigenvalue weighted by atomic mass is 10.1. The highest BCUT2D eigenvalue weighted by Crippen LogP contribution is 2.15. The number of halogens is 2. The third-order valence-corrected chi connectivity index (χ3v) is 2.93. The molecule has 0 aliphatic carbocycles. The van der Waals surface area contributed by atoms with E-state index < -0.39 is 6.04 Å². The van der Waals surface area contributed by atoms with Gasteiger partial charge in [-0.2, -0.15) is 0 Å². The fourth-order valence-corrected chi connectivity index (χ4v) is 1.90. The van der Waals surface area contributed by atoms with E-state index in [4.69, 9.17) is 10.5 Å². The molecule has 0 saturated heterocycles. The van der Waals surface area contributed by atoms with Crippen LogP contribution in [0.3, 0.4) is 0 Å². The molecule has 0 aliphatic heterocycles. The van der Waals surface area contributed by atoms with Crippen LogP contribution in [0.1, 0.15) is 11.1 Å². The van der Waals surface area contributed by atoms with E-state index in [9.17, 15) is 4.79 Å². The number of nitrogens with one attached hydrogen (secondary N) is 1. The van der Waals surface area contributed by atoms with Crippen LogP contribution >= 0.6 is 28.3 Å². The number of carbonyl (C=O) groups excluding carboxylic acids is 1. The van der Waals surface area contributed by atoms with Crippen molar-refractivity contribution in [1.29, 1.82) is 0 Å². The van der Waals surface area contributed by atoms with Gasteiger partial charge in [0.1, 0.15) is 6.04 Å². The summed E-state index contributed by atoms with van der Waals surface area (Å²) in [7, 11) is 1.52. The van der Waals surface area contributed by atoms with Crippen molar-refractivity contribution >= 4 is 34.2 Å². The molecule has 0 fully saturated rings. The van der Waals surface area contributed by atoms with Gasteiger partial charge in [0, 0.05) is 18.1 Å². The van der Waals surface area contributed by atoms with Gasteiger partial charge in [0.25, 0.3) is 0 Å². The van der Waals surface area contributed by atoms with Gasteiger partial charge in [-0.1, -0.05) is 22.0 Å². The van der Waals surface area contributed by atoms with Crippen LogP contribution in [-0.2, 0) is 16.1 Å². The number of methoxy groups -OCH3 is 1. The summed E-state index contributed by atoms with van der Waals surface area (Å²) < 4.78 is 5.85. The molecule has 3 N–H and O–H groups in total. The number of nitrogens with two attached hydrogens (primary N) is 1. The van der Waals surface area contributed by atoms with E-state index in [2.05, 4.69) is 21.2 Å². The minimum absolute atomic E-state index is 0. The van der Waals surface area contributed by atoms with E-state index in [-0.39, 0.29) is 24.9 Å². The number of rotatable bonds is 5. The molecule has 0 heterocycles. The molecule has 0 spiro atoms. The minimum atomic E-state index is -0.615. The van der Waals surface area contributed by atoms with Gasteiger partial charge >= 0.3 is 0 Å². The molecule has 0 radical (unpaired) electrons. The molecule has 1 aromatic rings. The first-order valence-electron chi connectivity index (χ1n) is 5.32. The second kappa shape index (κ2) is 8.48. The summed E-state index contributed by atoms with van der Waals surface area (Å²) in [5.74, 6) is -0.200. The Morgan fingerprint density at radius 2 is 2.22 bits per heavy atom. The second-order valence-electron chi connectivity index (χ2n) is 3.85. The number of hydrogen-bond acceptors (Lipinski definition) is 3. The van der Waals surface area contributed by atoms with Crippen LogP contribution in [-0.4, -0.2) is 25.7 Å². The van der Waals surface area contributed by atoms with Gasteiger partial charge < -0.3 is 15.8 Å². The summed E-state index contributed by atoms with van der Waals surface area (Å²) in [5.41, 5.74) is 7.81. The third kappa shape index (κ3) is 5.35. The van der Waals surface area contributed by atoms with Crippen molar-refractivity contribution in [3.05, 3.63) is 33.8 Å². The summed E-state index contributed by atoms with van der Waals surface area (Å²) in [6.07, 6.45) is 0.